The van der Waals surface area contributed by atoms with Gasteiger partial charge in [-0.1, -0.05) is 47.7 Å². The van der Waals surface area contributed by atoms with Gasteiger partial charge in [0.25, 0.3) is 0 Å². The van der Waals surface area contributed by atoms with Gasteiger partial charge in [0.2, 0.25) is 5.91 Å². The third-order valence-electron chi connectivity index (χ3n) is 3.56. The zero-order valence-corrected chi connectivity index (χ0v) is 13.5. The summed E-state index contributed by atoms with van der Waals surface area (Å²) < 4.78 is 1.12. The molecule has 0 spiro atoms. The van der Waals surface area contributed by atoms with Gasteiger partial charge in [0, 0.05) is 6.42 Å². The summed E-state index contributed by atoms with van der Waals surface area (Å²) in [4.78, 5) is 16.6. The third-order valence-corrected chi connectivity index (χ3v) is 4.48. The van der Waals surface area contributed by atoms with E-state index in [-0.39, 0.29) is 5.91 Å². The van der Waals surface area contributed by atoms with Crippen LogP contribution in [0.2, 0.25) is 0 Å². The molecule has 0 saturated carbocycles. The first-order valence-corrected chi connectivity index (χ1v) is 8.15. The van der Waals surface area contributed by atoms with Crippen LogP contribution in [-0.4, -0.2) is 10.9 Å². The van der Waals surface area contributed by atoms with Crippen molar-refractivity contribution in [2.45, 2.75) is 26.7 Å². The number of thiazole rings is 1. The minimum Gasteiger partial charge on any atom is -0.302 e. The van der Waals surface area contributed by atoms with Gasteiger partial charge in [0.15, 0.2) is 5.13 Å². The average Bonchev–Trinajstić information content (AvgIpc) is 2.89. The van der Waals surface area contributed by atoms with Crippen molar-refractivity contribution >= 4 is 32.6 Å². The first-order valence-electron chi connectivity index (χ1n) is 7.33. The Morgan fingerprint density at radius 2 is 1.95 bits per heavy atom. The number of carbonyl (C=O) groups excluding carboxylic acids is 1. The second-order valence-electron chi connectivity index (χ2n) is 5.48. The lowest BCUT2D eigenvalue weighted by atomic mass is 10.1. The monoisotopic (exact) mass is 310 g/mol. The molecule has 0 aliphatic rings. The molecule has 3 aromatic rings. The number of nitrogens with one attached hydrogen (secondary N) is 1. The molecule has 112 valence electrons. The summed E-state index contributed by atoms with van der Waals surface area (Å²) in [6, 6.07) is 14.3. The number of aromatic nitrogens is 1. The molecular weight excluding hydrogens is 292 g/mol. The van der Waals surface area contributed by atoms with E-state index in [0.717, 1.165) is 22.2 Å². The molecule has 0 unspecified atom stereocenters. The Labute approximate surface area is 134 Å². The molecule has 22 heavy (non-hydrogen) atoms. The van der Waals surface area contributed by atoms with Crippen LogP contribution in [-0.2, 0) is 11.2 Å². The highest BCUT2D eigenvalue weighted by molar-refractivity contribution is 7.22. The molecular formula is C18H18N2OS. The molecule has 0 aliphatic carbocycles. The van der Waals surface area contributed by atoms with E-state index in [2.05, 4.69) is 36.3 Å². The van der Waals surface area contributed by atoms with E-state index >= 15 is 0 Å². The van der Waals surface area contributed by atoms with E-state index in [4.69, 9.17) is 0 Å². The molecule has 1 heterocycles. The summed E-state index contributed by atoms with van der Waals surface area (Å²) in [5, 5.41) is 3.60. The Morgan fingerprint density at radius 1 is 1.18 bits per heavy atom. The summed E-state index contributed by atoms with van der Waals surface area (Å²) in [5.41, 5.74) is 4.52. The Kier molecular flexibility index (Phi) is 4.20. The van der Waals surface area contributed by atoms with Gasteiger partial charge in [-0.2, -0.15) is 0 Å². The summed E-state index contributed by atoms with van der Waals surface area (Å²) in [5.74, 6) is 0.0114. The predicted molar refractivity (Wildman–Crippen MR) is 92.5 cm³/mol. The fourth-order valence-corrected chi connectivity index (χ4v) is 3.57. The van der Waals surface area contributed by atoms with Crippen molar-refractivity contribution in [3.63, 3.8) is 0 Å². The lowest BCUT2D eigenvalue weighted by Gasteiger charge is -2.01. The molecule has 0 aliphatic heterocycles. The van der Waals surface area contributed by atoms with E-state index in [1.165, 1.54) is 22.5 Å². The maximum atomic E-state index is 12.1. The summed E-state index contributed by atoms with van der Waals surface area (Å²) in [7, 11) is 0. The van der Waals surface area contributed by atoms with E-state index in [1.54, 1.807) is 0 Å². The number of hydrogen-bond acceptors (Lipinski definition) is 3. The SMILES string of the molecule is Cc1cc(C)c2nc(NC(=O)CCc3ccccc3)sc2c1. The van der Waals surface area contributed by atoms with E-state index in [1.807, 2.05) is 30.3 Å². The number of aryl methyl sites for hydroxylation is 3. The van der Waals surface area contributed by atoms with Gasteiger partial charge in [0.05, 0.1) is 10.2 Å². The minimum absolute atomic E-state index is 0.0114. The zero-order valence-electron chi connectivity index (χ0n) is 12.7. The second kappa shape index (κ2) is 6.28. The first-order chi connectivity index (χ1) is 10.6. The molecule has 4 heteroatoms. The van der Waals surface area contributed by atoms with Crippen LogP contribution in [0.1, 0.15) is 23.1 Å². The van der Waals surface area contributed by atoms with E-state index in [9.17, 15) is 4.79 Å². The van der Waals surface area contributed by atoms with Crippen LogP contribution < -0.4 is 5.32 Å². The molecule has 1 aromatic heterocycles. The van der Waals surface area contributed by atoms with Crippen molar-refractivity contribution in [1.29, 1.82) is 0 Å². The van der Waals surface area contributed by atoms with Crippen LogP contribution in [0.4, 0.5) is 5.13 Å². The molecule has 1 amide bonds. The molecule has 0 radical (unpaired) electrons. The smallest absolute Gasteiger partial charge is 0.226 e. The topological polar surface area (TPSA) is 42.0 Å². The van der Waals surface area contributed by atoms with E-state index < -0.39 is 0 Å². The third kappa shape index (κ3) is 3.34. The fraction of sp³-hybridized carbons (Fsp3) is 0.222. The Balaban J connectivity index is 1.68. The van der Waals surface area contributed by atoms with Crippen LogP contribution >= 0.6 is 11.3 Å². The number of hydrogen-bond donors (Lipinski definition) is 1. The summed E-state index contributed by atoms with van der Waals surface area (Å²) in [6.07, 6.45) is 1.22. The van der Waals surface area contributed by atoms with Crippen LogP contribution in [0.3, 0.4) is 0 Å². The van der Waals surface area contributed by atoms with Gasteiger partial charge >= 0.3 is 0 Å². The highest BCUT2D eigenvalue weighted by Crippen LogP contribution is 2.29. The number of benzene rings is 2. The van der Waals surface area contributed by atoms with Crippen molar-refractivity contribution in [2.24, 2.45) is 0 Å². The highest BCUT2D eigenvalue weighted by Gasteiger charge is 2.10. The fourth-order valence-electron chi connectivity index (χ4n) is 2.51. The van der Waals surface area contributed by atoms with Gasteiger partial charge in [-0.05, 0) is 43.0 Å². The van der Waals surface area contributed by atoms with Gasteiger partial charge in [0.1, 0.15) is 0 Å². The van der Waals surface area contributed by atoms with Gasteiger partial charge in [-0.25, -0.2) is 4.98 Å². The number of anilines is 1. The molecule has 0 saturated heterocycles. The quantitative estimate of drug-likeness (QED) is 0.771. The van der Waals surface area contributed by atoms with Crippen molar-refractivity contribution in [3.05, 3.63) is 59.2 Å². The maximum Gasteiger partial charge on any atom is 0.226 e. The Morgan fingerprint density at radius 3 is 2.73 bits per heavy atom. The lowest BCUT2D eigenvalue weighted by molar-refractivity contribution is -0.116. The standard InChI is InChI=1S/C18H18N2OS/c1-12-10-13(2)17-15(11-12)22-18(20-17)19-16(21)9-8-14-6-4-3-5-7-14/h3-7,10-11H,8-9H2,1-2H3,(H,19,20,21). The van der Waals surface area contributed by atoms with Crippen LogP contribution in [0.15, 0.2) is 42.5 Å². The van der Waals surface area contributed by atoms with E-state index in [0.29, 0.717) is 11.6 Å². The number of nitrogens with zero attached hydrogens (tertiary/aromatic N) is 1. The average molecular weight is 310 g/mol. The minimum atomic E-state index is 0.0114. The van der Waals surface area contributed by atoms with Gasteiger partial charge in [-0.15, -0.1) is 0 Å². The summed E-state index contributed by atoms with van der Waals surface area (Å²) in [6.45, 7) is 4.13. The Bertz CT molecular complexity index is 809. The summed E-state index contributed by atoms with van der Waals surface area (Å²) >= 11 is 1.53. The van der Waals surface area contributed by atoms with Gasteiger partial charge < -0.3 is 5.32 Å². The number of fused-ring (bicyclic) bond motifs is 1. The molecule has 3 rings (SSSR count). The zero-order chi connectivity index (χ0) is 15.5. The normalized spacial score (nSPS) is 10.8. The molecule has 2 aromatic carbocycles. The van der Waals surface area contributed by atoms with Gasteiger partial charge in [-0.3, -0.25) is 4.79 Å². The maximum absolute atomic E-state index is 12.1. The van der Waals surface area contributed by atoms with Crippen LogP contribution in [0.25, 0.3) is 10.2 Å². The lowest BCUT2D eigenvalue weighted by Crippen LogP contribution is -2.12. The largest absolute Gasteiger partial charge is 0.302 e. The molecule has 0 bridgehead atoms. The number of rotatable bonds is 4. The number of carbonyl (C=O) groups is 1. The molecule has 0 fully saturated rings. The van der Waals surface area contributed by atoms with Crippen molar-refractivity contribution in [1.82, 2.24) is 4.98 Å². The van der Waals surface area contributed by atoms with Crippen molar-refractivity contribution in [2.75, 3.05) is 5.32 Å². The van der Waals surface area contributed by atoms with Crippen molar-refractivity contribution in [3.8, 4) is 0 Å². The van der Waals surface area contributed by atoms with Crippen molar-refractivity contribution < 1.29 is 4.79 Å². The first kappa shape index (κ1) is 14.7. The number of amides is 1. The second-order valence-corrected chi connectivity index (χ2v) is 6.51. The van der Waals surface area contributed by atoms with Crippen LogP contribution in [0.5, 0.6) is 0 Å². The van der Waals surface area contributed by atoms with Crippen LogP contribution in [0, 0.1) is 13.8 Å². The molecule has 3 nitrogen and oxygen atoms in total. The highest BCUT2D eigenvalue weighted by atomic mass is 32.1. The Hall–Kier alpha value is -2.20. The molecule has 1 N–H and O–H groups in total. The predicted octanol–water partition coefficient (Wildman–Crippen LogP) is 4.48. The molecule has 0 atom stereocenters.